The molecule has 2 unspecified atom stereocenters. The van der Waals surface area contributed by atoms with Crippen molar-refractivity contribution in [3.63, 3.8) is 0 Å². The van der Waals surface area contributed by atoms with Gasteiger partial charge in [-0.1, -0.05) is 45.0 Å². The van der Waals surface area contributed by atoms with Crippen LogP contribution in [0.15, 0.2) is 24.3 Å². The summed E-state index contributed by atoms with van der Waals surface area (Å²) < 4.78 is 0. The fourth-order valence-corrected chi connectivity index (χ4v) is 1.86. The van der Waals surface area contributed by atoms with Crippen LogP contribution in [0.5, 0.6) is 0 Å². The zero-order valence-corrected chi connectivity index (χ0v) is 12.3. The van der Waals surface area contributed by atoms with Crippen LogP contribution in [0.2, 0.25) is 0 Å². The summed E-state index contributed by atoms with van der Waals surface area (Å²) in [5, 5.41) is 2.91. The van der Waals surface area contributed by atoms with E-state index >= 15 is 0 Å². The summed E-state index contributed by atoms with van der Waals surface area (Å²) in [4.78, 5) is 11.6. The molecule has 2 atom stereocenters. The van der Waals surface area contributed by atoms with Gasteiger partial charge in [-0.25, -0.2) is 0 Å². The third-order valence-corrected chi connectivity index (χ3v) is 3.68. The standard InChI is InChI=1S/C16H26N2O/c1-4-12(2)15-7-5-14(6-8-15)9-10-18-16(19)13(3)11-17/h5-8,12-13H,4,9-11,17H2,1-3H3,(H,18,19). The van der Waals surface area contributed by atoms with E-state index in [0.29, 0.717) is 19.0 Å². The van der Waals surface area contributed by atoms with E-state index in [9.17, 15) is 4.79 Å². The van der Waals surface area contributed by atoms with Crippen LogP contribution in [-0.4, -0.2) is 19.0 Å². The number of carbonyl (C=O) groups is 1. The summed E-state index contributed by atoms with van der Waals surface area (Å²) in [6.07, 6.45) is 2.02. The van der Waals surface area contributed by atoms with E-state index in [1.807, 2.05) is 6.92 Å². The lowest BCUT2D eigenvalue weighted by molar-refractivity contribution is -0.124. The third-order valence-electron chi connectivity index (χ3n) is 3.68. The predicted octanol–water partition coefficient (Wildman–Crippen LogP) is 2.45. The van der Waals surface area contributed by atoms with Crippen molar-refractivity contribution < 1.29 is 4.79 Å². The van der Waals surface area contributed by atoms with E-state index in [2.05, 4.69) is 43.4 Å². The van der Waals surface area contributed by atoms with Gasteiger partial charge in [0.1, 0.15) is 0 Å². The van der Waals surface area contributed by atoms with Gasteiger partial charge in [0.15, 0.2) is 0 Å². The molecule has 1 amide bonds. The minimum atomic E-state index is -0.104. The molecular weight excluding hydrogens is 236 g/mol. The molecule has 106 valence electrons. The van der Waals surface area contributed by atoms with Crippen LogP contribution >= 0.6 is 0 Å². The molecule has 19 heavy (non-hydrogen) atoms. The van der Waals surface area contributed by atoms with Crippen molar-refractivity contribution in [1.29, 1.82) is 0 Å². The zero-order chi connectivity index (χ0) is 14.3. The average Bonchev–Trinajstić information content (AvgIpc) is 2.46. The van der Waals surface area contributed by atoms with Crippen molar-refractivity contribution in [3.05, 3.63) is 35.4 Å². The number of rotatable bonds is 7. The monoisotopic (exact) mass is 262 g/mol. The number of nitrogens with one attached hydrogen (secondary N) is 1. The minimum Gasteiger partial charge on any atom is -0.355 e. The molecule has 3 N–H and O–H groups in total. The first kappa shape index (κ1) is 15.7. The van der Waals surface area contributed by atoms with Gasteiger partial charge < -0.3 is 11.1 Å². The number of hydrogen-bond acceptors (Lipinski definition) is 2. The summed E-state index contributed by atoms with van der Waals surface area (Å²) in [5.74, 6) is 0.547. The third kappa shape index (κ3) is 5.03. The van der Waals surface area contributed by atoms with Gasteiger partial charge in [0.05, 0.1) is 0 Å². The van der Waals surface area contributed by atoms with E-state index in [-0.39, 0.29) is 11.8 Å². The largest absolute Gasteiger partial charge is 0.355 e. The van der Waals surface area contributed by atoms with E-state index in [4.69, 9.17) is 5.73 Å². The Balaban J connectivity index is 2.40. The Morgan fingerprint density at radius 3 is 2.42 bits per heavy atom. The molecule has 0 heterocycles. The van der Waals surface area contributed by atoms with Gasteiger partial charge in [0.25, 0.3) is 0 Å². The quantitative estimate of drug-likeness (QED) is 0.793. The minimum absolute atomic E-state index is 0.0405. The van der Waals surface area contributed by atoms with Crippen LogP contribution in [0, 0.1) is 5.92 Å². The Morgan fingerprint density at radius 1 is 1.26 bits per heavy atom. The molecule has 0 saturated carbocycles. The number of hydrogen-bond donors (Lipinski definition) is 2. The Bertz CT molecular complexity index is 386. The fourth-order valence-electron chi connectivity index (χ4n) is 1.86. The molecule has 1 rings (SSSR count). The second kappa shape index (κ2) is 7.95. The Morgan fingerprint density at radius 2 is 1.89 bits per heavy atom. The molecule has 3 nitrogen and oxygen atoms in total. The molecule has 0 fully saturated rings. The molecule has 0 saturated heterocycles. The van der Waals surface area contributed by atoms with E-state index in [0.717, 1.165) is 12.8 Å². The molecule has 0 aliphatic heterocycles. The summed E-state index contributed by atoms with van der Waals surface area (Å²) in [5.41, 5.74) is 8.09. The van der Waals surface area contributed by atoms with E-state index in [1.165, 1.54) is 11.1 Å². The lowest BCUT2D eigenvalue weighted by atomic mass is 9.97. The van der Waals surface area contributed by atoms with Crippen molar-refractivity contribution in [1.82, 2.24) is 5.32 Å². The van der Waals surface area contributed by atoms with Crippen molar-refractivity contribution in [3.8, 4) is 0 Å². The van der Waals surface area contributed by atoms with Crippen LogP contribution in [0.1, 0.15) is 44.2 Å². The average molecular weight is 262 g/mol. The van der Waals surface area contributed by atoms with E-state index < -0.39 is 0 Å². The van der Waals surface area contributed by atoms with Crippen LogP contribution in [0.3, 0.4) is 0 Å². The molecule has 0 aliphatic carbocycles. The lowest BCUT2D eigenvalue weighted by Crippen LogP contribution is -2.34. The first-order chi connectivity index (χ1) is 9.08. The SMILES string of the molecule is CCC(C)c1ccc(CCNC(=O)C(C)CN)cc1. The Labute approximate surface area is 116 Å². The van der Waals surface area contributed by atoms with Gasteiger partial charge >= 0.3 is 0 Å². The van der Waals surface area contributed by atoms with Gasteiger partial charge in [0.2, 0.25) is 5.91 Å². The molecule has 0 aromatic heterocycles. The lowest BCUT2D eigenvalue weighted by Gasteiger charge is -2.11. The summed E-state index contributed by atoms with van der Waals surface area (Å²) in [6, 6.07) is 8.68. The highest BCUT2D eigenvalue weighted by Gasteiger charge is 2.09. The first-order valence-corrected chi connectivity index (χ1v) is 7.15. The summed E-state index contributed by atoms with van der Waals surface area (Å²) in [6.45, 7) is 7.35. The smallest absolute Gasteiger partial charge is 0.224 e. The van der Waals surface area contributed by atoms with Crippen LogP contribution in [0.4, 0.5) is 0 Å². The van der Waals surface area contributed by atoms with Crippen molar-refractivity contribution in [2.45, 2.75) is 39.5 Å². The number of carbonyl (C=O) groups excluding carboxylic acids is 1. The van der Waals surface area contributed by atoms with Gasteiger partial charge in [0, 0.05) is 19.0 Å². The molecule has 0 radical (unpaired) electrons. The topological polar surface area (TPSA) is 55.1 Å². The van der Waals surface area contributed by atoms with Crippen molar-refractivity contribution in [2.75, 3.05) is 13.1 Å². The molecular formula is C16H26N2O. The normalized spacial score (nSPS) is 13.9. The summed E-state index contributed by atoms with van der Waals surface area (Å²) in [7, 11) is 0. The Hall–Kier alpha value is -1.35. The highest BCUT2D eigenvalue weighted by molar-refractivity contribution is 5.78. The number of amides is 1. The maximum atomic E-state index is 11.6. The predicted molar refractivity (Wildman–Crippen MR) is 80.1 cm³/mol. The molecule has 1 aromatic carbocycles. The summed E-state index contributed by atoms with van der Waals surface area (Å²) >= 11 is 0. The molecule has 3 heteroatoms. The first-order valence-electron chi connectivity index (χ1n) is 7.15. The van der Waals surface area contributed by atoms with E-state index in [1.54, 1.807) is 0 Å². The maximum Gasteiger partial charge on any atom is 0.224 e. The highest BCUT2D eigenvalue weighted by Crippen LogP contribution is 2.18. The Kier molecular flexibility index (Phi) is 6.57. The van der Waals surface area contributed by atoms with Crippen LogP contribution in [0.25, 0.3) is 0 Å². The number of nitrogens with two attached hydrogens (primary N) is 1. The van der Waals surface area contributed by atoms with Gasteiger partial charge in [-0.05, 0) is 29.9 Å². The maximum absolute atomic E-state index is 11.6. The van der Waals surface area contributed by atoms with Gasteiger partial charge in [-0.2, -0.15) is 0 Å². The van der Waals surface area contributed by atoms with Gasteiger partial charge in [-0.15, -0.1) is 0 Å². The van der Waals surface area contributed by atoms with Crippen LogP contribution < -0.4 is 11.1 Å². The molecule has 1 aromatic rings. The van der Waals surface area contributed by atoms with Crippen molar-refractivity contribution in [2.24, 2.45) is 11.7 Å². The molecule has 0 aliphatic rings. The number of benzene rings is 1. The van der Waals surface area contributed by atoms with Crippen LogP contribution in [-0.2, 0) is 11.2 Å². The van der Waals surface area contributed by atoms with Gasteiger partial charge in [-0.3, -0.25) is 4.79 Å². The molecule has 0 bridgehead atoms. The fraction of sp³-hybridized carbons (Fsp3) is 0.562. The molecule has 0 spiro atoms. The van der Waals surface area contributed by atoms with Crippen molar-refractivity contribution >= 4 is 5.91 Å². The second-order valence-corrected chi connectivity index (χ2v) is 5.23. The second-order valence-electron chi connectivity index (χ2n) is 5.23. The zero-order valence-electron chi connectivity index (χ0n) is 12.3. The highest BCUT2D eigenvalue weighted by atomic mass is 16.1.